The molecule has 0 radical (unpaired) electrons. The van der Waals surface area contributed by atoms with Crippen LogP contribution in [0.1, 0.15) is 22.8 Å². The van der Waals surface area contributed by atoms with Crippen LogP contribution in [0.2, 0.25) is 0 Å². The first-order valence-electron chi connectivity index (χ1n) is 8.74. The molecule has 0 aliphatic heterocycles. The van der Waals surface area contributed by atoms with Crippen LogP contribution >= 0.6 is 0 Å². The Morgan fingerprint density at radius 2 is 1.55 bits per heavy atom. The highest BCUT2D eigenvalue weighted by Crippen LogP contribution is 2.38. The van der Waals surface area contributed by atoms with Crippen LogP contribution in [0.3, 0.4) is 0 Å². The van der Waals surface area contributed by atoms with Gasteiger partial charge in [-0.3, -0.25) is 9.59 Å². The number of benzene rings is 2. The van der Waals surface area contributed by atoms with Crippen molar-refractivity contribution in [1.82, 2.24) is 5.43 Å². The van der Waals surface area contributed by atoms with Crippen molar-refractivity contribution in [3.63, 3.8) is 0 Å². The standard InChI is InChI=1S/C20H20F3N3O5/c1-11(12-6-5-7-14(8-12)24-19(28)20(21,22)23)25-26-18(27)13-9-15(29-2)17(31-4)16(10-13)30-3/h5-10H,1-4H3,(H,24,28)(H,26,27)/b25-11-. The van der Waals surface area contributed by atoms with Crippen LogP contribution in [0.4, 0.5) is 18.9 Å². The van der Waals surface area contributed by atoms with E-state index in [1.54, 1.807) is 18.3 Å². The zero-order chi connectivity index (χ0) is 23.2. The molecule has 8 nitrogen and oxygen atoms in total. The van der Waals surface area contributed by atoms with Gasteiger partial charge in [0.15, 0.2) is 11.5 Å². The van der Waals surface area contributed by atoms with Gasteiger partial charge in [-0.25, -0.2) is 5.43 Å². The van der Waals surface area contributed by atoms with Gasteiger partial charge in [0, 0.05) is 11.3 Å². The number of alkyl halides is 3. The van der Waals surface area contributed by atoms with Gasteiger partial charge in [-0.1, -0.05) is 12.1 Å². The molecule has 2 aromatic rings. The number of hydrogen-bond donors (Lipinski definition) is 2. The van der Waals surface area contributed by atoms with Crippen molar-refractivity contribution >= 4 is 23.2 Å². The van der Waals surface area contributed by atoms with Gasteiger partial charge in [0.2, 0.25) is 5.75 Å². The minimum atomic E-state index is -5.01. The average Bonchev–Trinajstić information content (AvgIpc) is 2.75. The lowest BCUT2D eigenvalue weighted by Crippen LogP contribution is -2.29. The van der Waals surface area contributed by atoms with Gasteiger partial charge in [-0.05, 0) is 36.8 Å². The molecule has 31 heavy (non-hydrogen) atoms. The fourth-order valence-electron chi connectivity index (χ4n) is 2.50. The second kappa shape index (κ2) is 9.83. The molecule has 0 saturated carbocycles. The topological polar surface area (TPSA) is 98.2 Å². The lowest BCUT2D eigenvalue weighted by molar-refractivity contribution is -0.167. The monoisotopic (exact) mass is 439 g/mol. The molecule has 2 rings (SSSR count). The van der Waals surface area contributed by atoms with Crippen LogP contribution in [0, 0.1) is 0 Å². The average molecular weight is 439 g/mol. The summed E-state index contributed by atoms with van der Waals surface area (Å²) in [7, 11) is 4.25. The molecular formula is C20H20F3N3O5. The molecule has 2 amide bonds. The summed E-state index contributed by atoms with van der Waals surface area (Å²) >= 11 is 0. The Kier molecular flexibility index (Phi) is 7.46. The van der Waals surface area contributed by atoms with Crippen molar-refractivity contribution in [1.29, 1.82) is 0 Å². The Morgan fingerprint density at radius 1 is 0.935 bits per heavy atom. The number of nitrogens with zero attached hydrogens (tertiary/aromatic N) is 1. The molecule has 0 atom stereocenters. The quantitative estimate of drug-likeness (QED) is 0.509. The van der Waals surface area contributed by atoms with E-state index in [2.05, 4.69) is 10.5 Å². The van der Waals surface area contributed by atoms with Crippen LogP contribution in [-0.4, -0.2) is 45.0 Å². The van der Waals surface area contributed by atoms with Crippen LogP contribution in [0.25, 0.3) is 0 Å². The highest BCUT2D eigenvalue weighted by molar-refractivity contribution is 6.02. The van der Waals surface area contributed by atoms with Gasteiger partial charge in [-0.2, -0.15) is 18.3 Å². The Bertz CT molecular complexity index is 981. The van der Waals surface area contributed by atoms with Crippen molar-refractivity contribution in [2.75, 3.05) is 26.6 Å². The molecule has 11 heteroatoms. The first-order chi connectivity index (χ1) is 14.6. The van der Waals surface area contributed by atoms with Crippen LogP contribution in [0.5, 0.6) is 17.2 Å². The lowest BCUT2D eigenvalue weighted by atomic mass is 10.1. The molecule has 0 saturated heterocycles. The summed E-state index contributed by atoms with van der Waals surface area (Å²) in [6, 6.07) is 8.49. The summed E-state index contributed by atoms with van der Waals surface area (Å²) in [4.78, 5) is 23.6. The number of hydrogen-bond acceptors (Lipinski definition) is 6. The molecule has 2 aromatic carbocycles. The predicted molar refractivity (Wildman–Crippen MR) is 107 cm³/mol. The smallest absolute Gasteiger partial charge is 0.471 e. The van der Waals surface area contributed by atoms with E-state index in [4.69, 9.17) is 14.2 Å². The third kappa shape index (κ3) is 5.87. The molecule has 2 N–H and O–H groups in total. The number of amides is 2. The van der Waals surface area contributed by atoms with E-state index < -0.39 is 18.0 Å². The summed E-state index contributed by atoms with van der Waals surface area (Å²) < 4.78 is 52.8. The van der Waals surface area contributed by atoms with Crippen LogP contribution < -0.4 is 25.0 Å². The normalized spacial score (nSPS) is 11.5. The van der Waals surface area contributed by atoms with Crippen LogP contribution in [-0.2, 0) is 4.79 Å². The maximum Gasteiger partial charge on any atom is 0.471 e. The minimum Gasteiger partial charge on any atom is -0.493 e. The minimum absolute atomic E-state index is 0.0645. The highest BCUT2D eigenvalue weighted by atomic mass is 19.4. The Morgan fingerprint density at radius 3 is 2.06 bits per heavy atom. The molecule has 0 aromatic heterocycles. The second-order valence-corrected chi connectivity index (χ2v) is 6.08. The van der Waals surface area contributed by atoms with E-state index in [0.717, 1.165) is 0 Å². The summed E-state index contributed by atoms with van der Waals surface area (Å²) in [5.74, 6) is -1.80. The number of anilines is 1. The van der Waals surface area contributed by atoms with E-state index >= 15 is 0 Å². The first kappa shape index (κ1) is 23.5. The number of rotatable bonds is 7. The second-order valence-electron chi connectivity index (χ2n) is 6.08. The third-order valence-electron chi connectivity index (χ3n) is 4.05. The van der Waals surface area contributed by atoms with E-state index in [1.807, 2.05) is 0 Å². The van der Waals surface area contributed by atoms with Gasteiger partial charge in [0.25, 0.3) is 5.91 Å². The SMILES string of the molecule is COc1cc(C(=O)N/N=C(/C)c2cccc(NC(=O)C(F)(F)F)c2)cc(OC)c1OC. The van der Waals surface area contributed by atoms with Crippen LogP contribution in [0.15, 0.2) is 41.5 Å². The summed E-state index contributed by atoms with van der Waals surface area (Å²) in [6.45, 7) is 1.54. The maximum absolute atomic E-state index is 12.5. The molecule has 0 bridgehead atoms. The molecule has 0 unspecified atom stereocenters. The lowest BCUT2D eigenvalue weighted by Gasteiger charge is -2.13. The van der Waals surface area contributed by atoms with Crippen molar-refractivity contribution in [3.8, 4) is 17.2 Å². The fourth-order valence-corrected chi connectivity index (χ4v) is 2.50. The fraction of sp³-hybridized carbons (Fsp3) is 0.250. The van der Waals surface area contributed by atoms with Gasteiger partial charge >= 0.3 is 12.1 Å². The first-order valence-corrected chi connectivity index (χ1v) is 8.74. The number of hydrazone groups is 1. The van der Waals surface area contributed by atoms with E-state index in [9.17, 15) is 22.8 Å². The Labute approximate surface area is 176 Å². The van der Waals surface area contributed by atoms with Gasteiger partial charge in [0.05, 0.1) is 27.0 Å². The highest BCUT2D eigenvalue weighted by Gasteiger charge is 2.38. The van der Waals surface area contributed by atoms with Crippen molar-refractivity contribution in [2.24, 2.45) is 5.10 Å². The van der Waals surface area contributed by atoms with Crippen molar-refractivity contribution in [2.45, 2.75) is 13.1 Å². The Hall–Kier alpha value is -3.76. The molecule has 0 spiro atoms. The summed E-state index contributed by atoms with van der Waals surface area (Å²) in [5, 5.41) is 5.72. The summed E-state index contributed by atoms with van der Waals surface area (Å²) in [6.07, 6.45) is -5.01. The van der Waals surface area contributed by atoms with Crippen molar-refractivity contribution < 1.29 is 37.0 Å². The van der Waals surface area contributed by atoms with E-state index in [0.29, 0.717) is 17.0 Å². The third-order valence-corrected chi connectivity index (χ3v) is 4.05. The zero-order valence-corrected chi connectivity index (χ0v) is 17.1. The molecule has 0 fully saturated rings. The Balaban J connectivity index is 2.20. The maximum atomic E-state index is 12.5. The number of nitrogens with one attached hydrogen (secondary N) is 2. The largest absolute Gasteiger partial charge is 0.493 e. The van der Waals surface area contributed by atoms with Gasteiger partial charge in [-0.15, -0.1) is 0 Å². The molecule has 0 aliphatic carbocycles. The molecule has 0 heterocycles. The molecule has 166 valence electrons. The number of methoxy groups -OCH3 is 3. The summed E-state index contributed by atoms with van der Waals surface area (Å²) in [5.41, 5.74) is 3.15. The van der Waals surface area contributed by atoms with E-state index in [1.165, 1.54) is 51.7 Å². The molecular weight excluding hydrogens is 419 g/mol. The predicted octanol–water partition coefficient (Wildman–Crippen LogP) is 3.37. The number of halogens is 3. The van der Waals surface area contributed by atoms with Gasteiger partial charge < -0.3 is 19.5 Å². The molecule has 0 aliphatic rings. The van der Waals surface area contributed by atoms with E-state index in [-0.39, 0.29) is 22.7 Å². The number of carbonyl (C=O) groups excluding carboxylic acids is 2. The number of ether oxygens (including phenoxy) is 3. The van der Waals surface area contributed by atoms with Gasteiger partial charge in [0.1, 0.15) is 0 Å². The number of carbonyl (C=O) groups is 2. The van der Waals surface area contributed by atoms with Crippen molar-refractivity contribution in [3.05, 3.63) is 47.5 Å². The zero-order valence-electron chi connectivity index (χ0n) is 17.1.